The van der Waals surface area contributed by atoms with Crippen molar-refractivity contribution in [3.05, 3.63) is 59.2 Å². The number of nitrogens with zero attached hydrogens (tertiary/aromatic N) is 1. The standard InChI is InChI=1S/C21H26N2O3/c1-25-19-11-17(12-20(13-19)26-2)14-22-21(24)18-7-5-6-16(10-18)15-23-8-3-4-9-23/h5-7,10-13H,3-4,8-9,14-15H2,1-2H3,(H,22,24). The first-order valence-corrected chi connectivity index (χ1v) is 8.99. The molecule has 0 unspecified atom stereocenters. The van der Waals surface area contributed by atoms with Crippen LogP contribution in [0.2, 0.25) is 0 Å². The molecule has 1 aliphatic rings. The predicted octanol–water partition coefficient (Wildman–Crippen LogP) is 3.23. The van der Waals surface area contributed by atoms with Crippen molar-refractivity contribution in [1.29, 1.82) is 0 Å². The lowest BCUT2D eigenvalue weighted by Crippen LogP contribution is -2.23. The molecule has 1 amide bonds. The SMILES string of the molecule is COc1cc(CNC(=O)c2cccc(CN3CCCC3)c2)cc(OC)c1. The number of amides is 1. The fraction of sp³-hybridized carbons (Fsp3) is 0.381. The molecule has 26 heavy (non-hydrogen) atoms. The molecule has 1 aliphatic heterocycles. The summed E-state index contributed by atoms with van der Waals surface area (Å²) in [6.07, 6.45) is 2.54. The molecule has 0 spiro atoms. The second kappa shape index (κ2) is 8.72. The highest BCUT2D eigenvalue weighted by Crippen LogP contribution is 2.22. The van der Waals surface area contributed by atoms with Crippen molar-refractivity contribution in [2.75, 3.05) is 27.3 Å². The summed E-state index contributed by atoms with van der Waals surface area (Å²) in [6.45, 7) is 3.62. The number of carbonyl (C=O) groups excluding carboxylic acids is 1. The quantitative estimate of drug-likeness (QED) is 0.829. The molecule has 5 nitrogen and oxygen atoms in total. The fourth-order valence-electron chi connectivity index (χ4n) is 3.26. The van der Waals surface area contributed by atoms with Crippen molar-refractivity contribution in [3.8, 4) is 11.5 Å². The first-order chi connectivity index (χ1) is 12.7. The number of nitrogens with one attached hydrogen (secondary N) is 1. The van der Waals surface area contributed by atoms with Crippen molar-refractivity contribution in [2.45, 2.75) is 25.9 Å². The maximum absolute atomic E-state index is 12.5. The third-order valence-electron chi connectivity index (χ3n) is 4.66. The summed E-state index contributed by atoms with van der Waals surface area (Å²) in [5.41, 5.74) is 2.81. The van der Waals surface area contributed by atoms with Crippen LogP contribution in [-0.2, 0) is 13.1 Å². The van der Waals surface area contributed by atoms with E-state index in [1.165, 1.54) is 18.4 Å². The van der Waals surface area contributed by atoms with Crippen molar-refractivity contribution >= 4 is 5.91 Å². The van der Waals surface area contributed by atoms with Gasteiger partial charge in [0.15, 0.2) is 0 Å². The summed E-state index contributed by atoms with van der Waals surface area (Å²) in [6, 6.07) is 13.5. The Hall–Kier alpha value is -2.53. The molecule has 0 atom stereocenters. The Kier molecular flexibility index (Phi) is 6.12. The fourth-order valence-corrected chi connectivity index (χ4v) is 3.26. The van der Waals surface area contributed by atoms with E-state index in [9.17, 15) is 4.79 Å². The molecule has 5 heteroatoms. The van der Waals surface area contributed by atoms with Gasteiger partial charge in [-0.15, -0.1) is 0 Å². The van der Waals surface area contributed by atoms with Crippen LogP contribution in [0.15, 0.2) is 42.5 Å². The molecule has 1 heterocycles. The van der Waals surface area contributed by atoms with Crippen LogP contribution in [0.3, 0.4) is 0 Å². The number of methoxy groups -OCH3 is 2. The van der Waals surface area contributed by atoms with Crippen LogP contribution in [0.25, 0.3) is 0 Å². The number of likely N-dealkylation sites (tertiary alicyclic amines) is 1. The summed E-state index contributed by atoms with van der Waals surface area (Å²) >= 11 is 0. The van der Waals surface area contributed by atoms with Gasteiger partial charge in [-0.2, -0.15) is 0 Å². The largest absolute Gasteiger partial charge is 0.497 e. The minimum absolute atomic E-state index is 0.0740. The zero-order valence-corrected chi connectivity index (χ0v) is 15.5. The third kappa shape index (κ3) is 4.76. The van der Waals surface area contributed by atoms with Gasteiger partial charge in [-0.3, -0.25) is 9.69 Å². The second-order valence-electron chi connectivity index (χ2n) is 6.59. The number of rotatable bonds is 7. The molecule has 0 saturated carbocycles. The highest BCUT2D eigenvalue weighted by Gasteiger charge is 2.13. The van der Waals surface area contributed by atoms with Crippen molar-refractivity contribution in [3.63, 3.8) is 0 Å². The van der Waals surface area contributed by atoms with Crippen LogP contribution < -0.4 is 14.8 Å². The van der Waals surface area contributed by atoms with E-state index in [2.05, 4.69) is 16.3 Å². The lowest BCUT2D eigenvalue weighted by atomic mass is 10.1. The average molecular weight is 354 g/mol. The van der Waals surface area contributed by atoms with Crippen LogP contribution in [0.4, 0.5) is 0 Å². The van der Waals surface area contributed by atoms with Gasteiger partial charge in [0.1, 0.15) is 11.5 Å². The molecule has 0 aliphatic carbocycles. The number of benzene rings is 2. The van der Waals surface area contributed by atoms with Crippen LogP contribution in [0.1, 0.15) is 34.3 Å². The van der Waals surface area contributed by atoms with E-state index in [1.807, 2.05) is 36.4 Å². The van der Waals surface area contributed by atoms with Gasteiger partial charge >= 0.3 is 0 Å². The smallest absolute Gasteiger partial charge is 0.251 e. The molecule has 3 rings (SSSR count). The maximum Gasteiger partial charge on any atom is 0.251 e. The Morgan fingerprint density at radius 1 is 1.00 bits per heavy atom. The van der Waals surface area contributed by atoms with Gasteiger partial charge in [-0.05, 0) is 61.3 Å². The molecular weight excluding hydrogens is 328 g/mol. The van der Waals surface area contributed by atoms with Crippen molar-refractivity contribution < 1.29 is 14.3 Å². The Morgan fingerprint density at radius 3 is 2.35 bits per heavy atom. The van der Waals surface area contributed by atoms with Crippen molar-refractivity contribution in [2.24, 2.45) is 0 Å². The Labute approximate surface area is 154 Å². The van der Waals surface area contributed by atoms with Crippen molar-refractivity contribution in [1.82, 2.24) is 10.2 Å². The first kappa shape index (κ1) is 18.3. The van der Waals surface area contributed by atoms with Crippen LogP contribution >= 0.6 is 0 Å². The van der Waals surface area contributed by atoms with E-state index in [1.54, 1.807) is 14.2 Å². The molecule has 0 bridgehead atoms. The summed E-state index contributed by atoms with van der Waals surface area (Å²) < 4.78 is 10.5. The molecule has 2 aromatic carbocycles. The Bertz CT molecular complexity index is 732. The highest BCUT2D eigenvalue weighted by atomic mass is 16.5. The molecule has 1 N–H and O–H groups in total. The minimum atomic E-state index is -0.0740. The van der Waals surface area contributed by atoms with Crippen LogP contribution in [-0.4, -0.2) is 38.1 Å². The zero-order valence-electron chi connectivity index (χ0n) is 15.5. The Morgan fingerprint density at radius 2 is 1.69 bits per heavy atom. The van der Waals surface area contributed by atoms with E-state index < -0.39 is 0 Å². The third-order valence-corrected chi connectivity index (χ3v) is 4.66. The van der Waals surface area contributed by atoms with E-state index in [0.717, 1.165) is 25.2 Å². The summed E-state index contributed by atoms with van der Waals surface area (Å²) in [7, 11) is 3.23. The summed E-state index contributed by atoms with van der Waals surface area (Å²) in [4.78, 5) is 15.0. The molecular formula is C21H26N2O3. The second-order valence-corrected chi connectivity index (χ2v) is 6.59. The predicted molar refractivity (Wildman–Crippen MR) is 102 cm³/mol. The molecule has 2 aromatic rings. The van der Waals surface area contributed by atoms with E-state index >= 15 is 0 Å². The molecule has 0 radical (unpaired) electrons. The van der Waals surface area contributed by atoms with Crippen LogP contribution in [0, 0.1) is 0 Å². The van der Waals surface area contributed by atoms with E-state index in [4.69, 9.17) is 9.47 Å². The lowest BCUT2D eigenvalue weighted by Gasteiger charge is -2.15. The number of carbonyl (C=O) groups is 1. The van der Waals surface area contributed by atoms with Gasteiger partial charge in [0.05, 0.1) is 14.2 Å². The van der Waals surface area contributed by atoms with E-state index in [-0.39, 0.29) is 5.91 Å². The lowest BCUT2D eigenvalue weighted by molar-refractivity contribution is 0.0950. The molecule has 138 valence electrons. The average Bonchev–Trinajstić information content (AvgIpc) is 3.19. The first-order valence-electron chi connectivity index (χ1n) is 8.99. The molecule has 1 saturated heterocycles. The zero-order chi connectivity index (χ0) is 18.4. The summed E-state index contributed by atoms with van der Waals surface area (Å²) in [5, 5.41) is 2.98. The number of ether oxygens (including phenoxy) is 2. The monoisotopic (exact) mass is 354 g/mol. The maximum atomic E-state index is 12.5. The van der Waals surface area contributed by atoms with E-state index in [0.29, 0.717) is 23.6 Å². The van der Waals surface area contributed by atoms with Gasteiger partial charge in [0, 0.05) is 24.7 Å². The van der Waals surface area contributed by atoms with Gasteiger partial charge in [0.25, 0.3) is 5.91 Å². The van der Waals surface area contributed by atoms with Gasteiger partial charge in [-0.25, -0.2) is 0 Å². The Balaban J connectivity index is 1.63. The minimum Gasteiger partial charge on any atom is -0.497 e. The molecule has 1 fully saturated rings. The number of hydrogen-bond donors (Lipinski definition) is 1. The highest BCUT2D eigenvalue weighted by molar-refractivity contribution is 5.94. The number of hydrogen-bond acceptors (Lipinski definition) is 4. The molecule has 0 aromatic heterocycles. The van der Waals surface area contributed by atoms with Gasteiger partial charge in [0.2, 0.25) is 0 Å². The van der Waals surface area contributed by atoms with Gasteiger partial charge < -0.3 is 14.8 Å². The van der Waals surface area contributed by atoms with Crippen LogP contribution in [0.5, 0.6) is 11.5 Å². The summed E-state index contributed by atoms with van der Waals surface area (Å²) in [5.74, 6) is 1.34. The normalized spacial score (nSPS) is 14.2. The van der Waals surface area contributed by atoms with Gasteiger partial charge in [-0.1, -0.05) is 12.1 Å². The topological polar surface area (TPSA) is 50.8 Å².